The Bertz CT molecular complexity index is 368. The smallest absolute Gasteiger partial charge is 0.308 e. The minimum atomic E-state index is -0.216. The van der Waals surface area contributed by atoms with E-state index < -0.39 is 0 Å². The first-order valence-corrected chi connectivity index (χ1v) is 6.02. The van der Waals surface area contributed by atoms with Crippen LogP contribution in [0.1, 0.15) is 20.3 Å². The largest absolute Gasteiger partial charge is 0.469 e. The maximum absolute atomic E-state index is 11.4. The fourth-order valence-electron chi connectivity index (χ4n) is 3.04. The SMILES string of the molecule is C=C1C=C[C@H]2CO[C@H](CC(=O)OC)[C@@H]1C2(C)C. The highest BCUT2D eigenvalue weighted by Gasteiger charge is 2.48. The van der Waals surface area contributed by atoms with Crippen molar-refractivity contribution in [2.45, 2.75) is 26.4 Å². The first-order valence-electron chi connectivity index (χ1n) is 6.02. The Morgan fingerprint density at radius 3 is 3.00 bits per heavy atom. The van der Waals surface area contributed by atoms with Crippen LogP contribution in [0.5, 0.6) is 0 Å². The number of ether oxygens (including phenoxy) is 2. The third-order valence-electron chi connectivity index (χ3n) is 4.16. The van der Waals surface area contributed by atoms with Crippen LogP contribution in [0, 0.1) is 17.3 Å². The monoisotopic (exact) mass is 236 g/mol. The summed E-state index contributed by atoms with van der Waals surface area (Å²) in [5.74, 6) is 0.392. The van der Waals surface area contributed by atoms with Crippen LogP contribution in [0.15, 0.2) is 24.3 Å². The number of hydrogen-bond acceptors (Lipinski definition) is 3. The molecular formula is C14H20O3. The number of rotatable bonds is 2. The first-order chi connectivity index (χ1) is 7.96. The van der Waals surface area contributed by atoms with Crippen molar-refractivity contribution in [3.05, 3.63) is 24.3 Å². The van der Waals surface area contributed by atoms with Gasteiger partial charge in [0.15, 0.2) is 0 Å². The van der Waals surface area contributed by atoms with Gasteiger partial charge < -0.3 is 9.47 Å². The van der Waals surface area contributed by atoms with Crippen LogP contribution in [0.2, 0.25) is 0 Å². The van der Waals surface area contributed by atoms with E-state index in [4.69, 9.17) is 9.47 Å². The molecule has 3 heteroatoms. The summed E-state index contributed by atoms with van der Waals surface area (Å²) in [7, 11) is 1.41. The Hall–Kier alpha value is -1.09. The van der Waals surface area contributed by atoms with E-state index in [1.807, 2.05) is 0 Å². The molecule has 1 saturated heterocycles. The number of fused-ring (bicyclic) bond motifs is 2. The maximum Gasteiger partial charge on any atom is 0.308 e. The number of hydrogen-bond donors (Lipinski definition) is 0. The van der Waals surface area contributed by atoms with Crippen LogP contribution in [0.3, 0.4) is 0 Å². The zero-order valence-corrected chi connectivity index (χ0v) is 10.7. The normalized spacial score (nSPS) is 34.5. The number of carbonyl (C=O) groups excluding carboxylic acids is 1. The Morgan fingerprint density at radius 2 is 2.35 bits per heavy atom. The topological polar surface area (TPSA) is 35.5 Å². The molecule has 0 aromatic rings. The maximum atomic E-state index is 11.4. The van der Waals surface area contributed by atoms with Gasteiger partial charge in [-0.25, -0.2) is 0 Å². The van der Waals surface area contributed by atoms with Crippen molar-refractivity contribution < 1.29 is 14.3 Å². The lowest BCUT2D eigenvalue weighted by Gasteiger charge is -2.50. The van der Waals surface area contributed by atoms with Gasteiger partial charge in [-0.1, -0.05) is 32.6 Å². The zero-order chi connectivity index (χ0) is 12.6. The van der Waals surface area contributed by atoms with E-state index in [0.717, 1.165) is 5.57 Å². The number of methoxy groups -OCH3 is 1. The second-order valence-corrected chi connectivity index (χ2v) is 5.49. The lowest BCUT2D eigenvalue weighted by atomic mass is 9.60. The van der Waals surface area contributed by atoms with Crippen LogP contribution >= 0.6 is 0 Å². The molecule has 2 bridgehead atoms. The molecular weight excluding hydrogens is 216 g/mol. The van der Waals surface area contributed by atoms with E-state index >= 15 is 0 Å². The molecule has 0 spiro atoms. The molecule has 0 radical (unpaired) electrons. The average Bonchev–Trinajstić information content (AvgIpc) is 2.24. The lowest BCUT2D eigenvalue weighted by molar-refractivity contribution is -0.152. The van der Waals surface area contributed by atoms with E-state index in [9.17, 15) is 4.79 Å². The van der Waals surface area contributed by atoms with E-state index in [1.165, 1.54) is 7.11 Å². The Balaban J connectivity index is 2.24. The molecule has 0 amide bonds. The van der Waals surface area contributed by atoms with Gasteiger partial charge in [0.1, 0.15) is 0 Å². The minimum absolute atomic E-state index is 0.1000. The second kappa shape index (κ2) is 4.30. The molecule has 0 aromatic heterocycles. The molecule has 1 fully saturated rings. The Labute approximate surface area is 102 Å². The number of allylic oxidation sites excluding steroid dienone is 1. The molecule has 0 unspecified atom stereocenters. The molecule has 17 heavy (non-hydrogen) atoms. The molecule has 2 aliphatic rings. The molecule has 94 valence electrons. The van der Waals surface area contributed by atoms with Gasteiger partial charge in [0.2, 0.25) is 0 Å². The van der Waals surface area contributed by atoms with Crippen molar-refractivity contribution in [2.24, 2.45) is 17.3 Å². The highest BCUT2D eigenvalue weighted by Crippen LogP contribution is 2.50. The van der Waals surface area contributed by atoms with Gasteiger partial charge in [-0.15, -0.1) is 0 Å². The third kappa shape index (κ3) is 2.04. The summed E-state index contributed by atoms with van der Waals surface area (Å²) in [6.45, 7) is 9.22. The zero-order valence-electron chi connectivity index (χ0n) is 10.7. The predicted octanol–water partition coefficient (Wildman–Crippen LogP) is 2.33. The van der Waals surface area contributed by atoms with Gasteiger partial charge in [-0.2, -0.15) is 0 Å². The van der Waals surface area contributed by atoms with Crippen molar-refractivity contribution in [3.8, 4) is 0 Å². The summed E-state index contributed by atoms with van der Waals surface area (Å²) in [6.07, 6.45) is 4.45. The highest BCUT2D eigenvalue weighted by atomic mass is 16.5. The number of carbonyl (C=O) groups is 1. The minimum Gasteiger partial charge on any atom is -0.469 e. The van der Waals surface area contributed by atoms with Crippen molar-refractivity contribution in [1.29, 1.82) is 0 Å². The predicted molar refractivity (Wildman–Crippen MR) is 65.4 cm³/mol. The fraction of sp³-hybridized carbons (Fsp3) is 0.643. The van der Waals surface area contributed by atoms with Crippen LogP contribution in [-0.4, -0.2) is 25.8 Å². The molecule has 1 aliphatic heterocycles. The summed E-state index contributed by atoms with van der Waals surface area (Å²) < 4.78 is 10.5. The van der Waals surface area contributed by atoms with Gasteiger partial charge in [-0.3, -0.25) is 4.79 Å². The molecule has 1 heterocycles. The molecule has 2 rings (SSSR count). The molecule has 3 atom stereocenters. The number of esters is 1. The van der Waals surface area contributed by atoms with Crippen LogP contribution < -0.4 is 0 Å². The Kier molecular flexibility index (Phi) is 3.13. The molecule has 0 N–H and O–H groups in total. The van der Waals surface area contributed by atoms with Gasteiger partial charge in [0, 0.05) is 11.8 Å². The highest BCUT2D eigenvalue weighted by molar-refractivity contribution is 5.70. The van der Waals surface area contributed by atoms with Crippen molar-refractivity contribution in [2.75, 3.05) is 13.7 Å². The summed E-state index contributed by atoms with van der Waals surface area (Å²) in [6, 6.07) is 0. The Morgan fingerprint density at radius 1 is 1.65 bits per heavy atom. The van der Waals surface area contributed by atoms with Crippen LogP contribution in [-0.2, 0) is 14.3 Å². The van der Waals surface area contributed by atoms with Crippen molar-refractivity contribution in [3.63, 3.8) is 0 Å². The first kappa shape index (κ1) is 12.4. The molecule has 1 aliphatic carbocycles. The molecule has 0 aromatic carbocycles. The average molecular weight is 236 g/mol. The quantitative estimate of drug-likeness (QED) is 0.690. The van der Waals surface area contributed by atoms with E-state index in [-0.39, 0.29) is 23.4 Å². The lowest BCUT2D eigenvalue weighted by Crippen LogP contribution is -2.50. The summed E-state index contributed by atoms with van der Waals surface area (Å²) in [5.41, 5.74) is 1.16. The van der Waals surface area contributed by atoms with Gasteiger partial charge in [-0.05, 0) is 11.0 Å². The second-order valence-electron chi connectivity index (χ2n) is 5.49. The summed E-state index contributed by atoms with van der Waals surface area (Å²) in [5, 5.41) is 0. The van der Waals surface area contributed by atoms with E-state index in [2.05, 4.69) is 32.6 Å². The van der Waals surface area contributed by atoms with E-state index in [0.29, 0.717) is 18.9 Å². The van der Waals surface area contributed by atoms with Crippen molar-refractivity contribution >= 4 is 5.97 Å². The van der Waals surface area contributed by atoms with Gasteiger partial charge in [0.05, 0.1) is 26.2 Å². The van der Waals surface area contributed by atoms with E-state index in [1.54, 1.807) is 0 Å². The summed E-state index contributed by atoms with van der Waals surface area (Å²) in [4.78, 5) is 11.4. The fourth-order valence-corrected chi connectivity index (χ4v) is 3.04. The molecule has 3 nitrogen and oxygen atoms in total. The standard InChI is InChI=1S/C14H20O3/c1-9-5-6-10-8-17-11(7-12(15)16-4)13(9)14(10,2)3/h5-6,10-11,13H,1,7-8H2,2-4H3/t10-,11+,13+/m0/s1. The third-order valence-corrected chi connectivity index (χ3v) is 4.16. The van der Waals surface area contributed by atoms with Gasteiger partial charge in [0.25, 0.3) is 0 Å². The summed E-state index contributed by atoms with van der Waals surface area (Å²) >= 11 is 0. The van der Waals surface area contributed by atoms with Crippen LogP contribution in [0.4, 0.5) is 0 Å². The molecule has 0 saturated carbocycles. The van der Waals surface area contributed by atoms with Gasteiger partial charge >= 0.3 is 5.97 Å². The van der Waals surface area contributed by atoms with Crippen LogP contribution in [0.25, 0.3) is 0 Å². The van der Waals surface area contributed by atoms with Crippen molar-refractivity contribution in [1.82, 2.24) is 0 Å².